The van der Waals surface area contributed by atoms with E-state index in [1.165, 1.54) is 6.07 Å². The van der Waals surface area contributed by atoms with E-state index in [4.69, 9.17) is 0 Å². The van der Waals surface area contributed by atoms with E-state index in [2.05, 4.69) is 24.1 Å². The highest BCUT2D eigenvalue weighted by molar-refractivity contribution is 5.39. The number of nitrogens with one attached hydrogen (secondary N) is 1. The van der Waals surface area contributed by atoms with Crippen LogP contribution in [0.1, 0.15) is 25.1 Å². The van der Waals surface area contributed by atoms with E-state index in [-0.39, 0.29) is 10.6 Å². The second-order valence-electron chi connectivity index (χ2n) is 5.45. The lowest BCUT2D eigenvalue weighted by atomic mass is 10.2. The second-order valence-corrected chi connectivity index (χ2v) is 5.45. The Kier molecular flexibility index (Phi) is 5.05. The fourth-order valence-electron chi connectivity index (χ4n) is 2.09. The third-order valence-electron chi connectivity index (χ3n) is 3.09. The summed E-state index contributed by atoms with van der Waals surface area (Å²) in [7, 11) is 0. The van der Waals surface area contributed by atoms with Gasteiger partial charge in [0.05, 0.1) is 23.5 Å². The monoisotopic (exact) mass is 288 g/mol. The second kappa shape index (κ2) is 6.99. The summed E-state index contributed by atoms with van der Waals surface area (Å²) in [5.74, 6) is 0.596. The van der Waals surface area contributed by atoms with Gasteiger partial charge in [0.1, 0.15) is 0 Å². The molecule has 0 saturated carbocycles. The number of hydrogen-bond acceptors (Lipinski definition) is 4. The van der Waals surface area contributed by atoms with Gasteiger partial charge in [0, 0.05) is 24.4 Å². The lowest BCUT2D eigenvalue weighted by Crippen LogP contribution is -2.19. The van der Waals surface area contributed by atoms with Gasteiger partial charge in [0.2, 0.25) is 0 Å². The Morgan fingerprint density at radius 1 is 1.38 bits per heavy atom. The van der Waals surface area contributed by atoms with Crippen molar-refractivity contribution >= 4 is 5.69 Å². The van der Waals surface area contributed by atoms with E-state index in [1.807, 2.05) is 16.8 Å². The molecule has 21 heavy (non-hydrogen) atoms. The van der Waals surface area contributed by atoms with Crippen molar-refractivity contribution in [2.24, 2.45) is 5.92 Å². The largest absolute Gasteiger partial charge is 0.332 e. The summed E-state index contributed by atoms with van der Waals surface area (Å²) in [5, 5.41) is 14.3. The van der Waals surface area contributed by atoms with E-state index < -0.39 is 0 Å². The summed E-state index contributed by atoms with van der Waals surface area (Å²) in [6.07, 6.45) is 3.63. The van der Waals surface area contributed by atoms with Gasteiger partial charge >= 0.3 is 0 Å². The normalized spacial score (nSPS) is 11.0. The Morgan fingerprint density at radius 2 is 2.14 bits per heavy atom. The molecule has 0 radical (unpaired) electrons. The molecule has 6 nitrogen and oxygen atoms in total. The average molecular weight is 288 g/mol. The highest BCUT2D eigenvalue weighted by Gasteiger charge is 2.12. The maximum atomic E-state index is 11.0. The molecule has 6 heteroatoms. The molecule has 0 saturated heterocycles. The number of rotatable bonds is 7. The van der Waals surface area contributed by atoms with Crippen molar-refractivity contribution < 1.29 is 4.92 Å². The van der Waals surface area contributed by atoms with E-state index in [9.17, 15) is 10.1 Å². The predicted octanol–water partition coefficient (Wildman–Crippen LogP) is 2.59. The molecule has 0 spiro atoms. The van der Waals surface area contributed by atoms with Crippen LogP contribution in [0.5, 0.6) is 0 Å². The molecule has 0 bridgehead atoms. The van der Waals surface area contributed by atoms with Crippen LogP contribution in [0.4, 0.5) is 5.69 Å². The van der Waals surface area contributed by atoms with Gasteiger partial charge in [-0.05, 0) is 12.5 Å². The molecule has 0 fully saturated rings. The first kappa shape index (κ1) is 15.2. The highest BCUT2D eigenvalue weighted by atomic mass is 16.6. The van der Waals surface area contributed by atoms with E-state index in [1.54, 1.807) is 18.5 Å². The van der Waals surface area contributed by atoms with Crippen LogP contribution < -0.4 is 5.32 Å². The van der Waals surface area contributed by atoms with Crippen molar-refractivity contribution in [3.8, 4) is 0 Å². The molecule has 0 atom stereocenters. The summed E-state index contributed by atoms with van der Waals surface area (Å²) in [5.41, 5.74) is 1.77. The third kappa shape index (κ3) is 4.39. The maximum absolute atomic E-state index is 11.0. The van der Waals surface area contributed by atoms with Gasteiger partial charge in [-0.3, -0.25) is 10.1 Å². The zero-order valence-electron chi connectivity index (χ0n) is 12.3. The van der Waals surface area contributed by atoms with Gasteiger partial charge in [-0.1, -0.05) is 32.0 Å². The van der Waals surface area contributed by atoms with Gasteiger partial charge in [-0.2, -0.15) is 0 Å². The van der Waals surface area contributed by atoms with Crippen LogP contribution in [0.3, 0.4) is 0 Å². The van der Waals surface area contributed by atoms with Gasteiger partial charge in [-0.25, -0.2) is 4.98 Å². The average Bonchev–Trinajstić information content (AvgIpc) is 2.86. The highest BCUT2D eigenvalue weighted by Crippen LogP contribution is 2.18. The standard InChI is InChI=1S/C15H20N4O2/c1-12(2)7-16-8-14-10-18(11-17-14)9-13-5-3-4-6-15(13)19(20)21/h3-6,10-12,16H,7-9H2,1-2H3. The summed E-state index contributed by atoms with van der Waals surface area (Å²) in [6, 6.07) is 6.79. The van der Waals surface area contributed by atoms with Crippen LogP contribution in [-0.2, 0) is 13.1 Å². The lowest BCUT2D eigenvalue weighted by Gasteiger charge is -2.05. The van der Waals surface area contributed by atoms with Gasteiger partial charge in [0.15, 0.2) is 0 Å². The SMILES string of the molecule is CC(C)CNCc1cn(Cc2ccccc2[N+](=O)[O-])cn1. The number of imidazole rings is 1. The summed E-state index contributed by atoms with van der Waals surface area (Å²) >= 11 is 0. The first-order chi connectivity index (χ1) is 10.1. The van der Waals surface area contributed by atoms with Crippen LogP contribution in [0.15, 0.2) is 36.8 Å². The zero-order valence-corrected chi connectivity index (χ0v) is 12.3. The summed E-state index contributed by atoms with van der Waals surface area (Å²) in [6.45, 7) is 6.41. The van der Waals surface area contributed by atoms with E-state index >= 15 is 0 Å². The molecule has 0 aliphatic rings. The quantitative estimate of drug-likeness (QED) is 0.628. The van der Waals surface area contributed by atoms with Crippen molar-refractivity contribution in [2.45, 2.75) is 26.9 Å². The molecule has 112 valence electrons. The zero-order chi connectivity index (χ0) is 15.2. The van der Waals surface area contributed by atoms with Crippen molar-refractivity contribution in [3.63, 3.8) is 0 Å². The van der Waals surface area contributed by atoms with Gasteiger partial charge < -0.3 is 9.88 Å². The number of nitro groups is 1. The molecule has 1 aromatic carbocycles. The number of para-hydroxylation sites is 1. The first-order valence-corrected chi connectivity index (χ1v) is 7.00. The van der Waals surface area contributed by atoms with Crippen molar-refractivity contribution in [2.75, 3.05) is 6.54 Å². The minimum Gasteiger partial charge on any atom is -0.332 e. The Labute approximate surface area is 124 Å². The molecule has 0 unspecified atom stereocenters. The number of hydrogen-bond donors (Lipinski definition) is 1. The Bertz CT molecular complexity index is 607. The van der Waals surface area contributed by atoms with Crippen LogP contribution in [-0.4, -0.2) is 21.0 Å². The Morgan fingerprint density at radius 3 is 2.86 bits per heavy atom. The van der Waals surface area contributed by atoms with E-state index in [0.29, 0.717) is 24.6 Å². The van der Waals surface area contributed by atoms with Crippen LogP contribution in [0.2, 0.25) is 0 Å². The van der Waals surface area contributed by atoms with Crippen molar-refractivity contribution in [1.29, 1.82) is 0 Å². The Hall–Kier alpha value is -2.21. The Balaban J connectivity index is 2.01. The number of nitrogens with zero attached hydrogens (tertiary/aromatic N) is 3. The number of aromatic nitrogens is 2. The van der Waals surface area contributed by atoms with Crippen molar-refractivity contribution in [3.05, 3.63) is 58.2 Å². The third-order valence-corrected chi connectivity index (χ3v) is 3.09. The van der Waals surface area contributed by atoms with E-state index in [0.717, 1.165) is 12.2 Å². The molecule has 0 amide bonds. The molecular formula is C15H20N4O2. The lowest BCUT2D eigenvalue weighted by molar-refractivity contribution is -0.385. The molecular weight excluding hydrogens is 268 g/mol. The summed E-state index contributed by atoms with van der Waals surface area (Å²) in [4.78, 5) is 15.0. The molecule has 1 aromatic heterocycles. The van der Waals surface area contributed by atoms with Crippen LogP contribution in [0, 0.1) is 16.0 Å². The van der Waals surface area contributed by atoms with Crippen molar-refractivity contribution in [1.82, 2.24) is 14.9 Å². The fourth-order valence-corrected chi connectivity index (χ4v) is 2.09. The minimum atomic E-state index is -0.350. The molecule has 0 aliphatic carbocycles. The molecule has 1 heterocycles. The van der Waals surface area contributed by atoms with Crippen LogP contribution >= 0.6 is 0 Å². The molecule has 2 rings (SSSR count). The minimum absolute atomic E-state index is 0.144. The van der Waals surface area contributed by atoms with Gasteiger partial charge in [-0.15, -0.1) is 0 Å². The molecule has 2 aromatic rings. The first-order valence-electron chi connectivity index (χ1n) is 7.00. The molecule has 0 aliphatic heterocycles. The smallest absolute Gasteiger partial charge is 0.274 e. The van der Waals surface area contributed by atoms with Gasteiger partial charge in [0.25, 0.3) is 5.69 Å². The predicted molar refractivity (Wildman–Crippen MR) is 81.0 cm³/mol. The maximum Gasteiger partial charge on any atom is 0.274 e. The number of benzene rings is 1. The topological polar surface area (TPSA) is 73.0 Å². The molecule has 1 N–H and O–H groups in total. The van der Waals surface area contributed by atoms with Crippen LogP contribution in [0.25, 0.3) is 0 Å². The fraction of sp³-hybridized carbons (Fsp3) is 0.400. The number of nitro benzene ring substituents is 1. The summed E-state index contributed by atoms with van der Waals surface area (Å²) < 4.78 is 1.87.